The van der Waals surface area contributed by atoms with E-state index >= 15 is 0 Å². The Kier molecular flexibility index (Phi) is 7.24. The van der Waals surface area contributed by atoms with Crippen LogP contribution < -0.4 is 4.90 Å². The van der Waals surface area contributed by atoms with Gasteiger partial charge in [0.15, 0.2) is 0 Å². The van der Waals surface area contributed by atoms with Crippen molar-refractivity contribution in [2.75, 3.05) is 18.0 Å². The number of piperazine rings is 1. The van der Waals surface area contributed by atoms with Crippen molar-refractivity contribution in [3.8, 4) is 11.1 Å². The molecule has 1 saturated carbocycles. The van der Waals surface area contributed by atoms with Gasteiger partial charge in [0.2, 0.25) is 5.95 Å². The van der Waals surface area contributed by atoms with Crippen molar-refractivity contribution >= 4 is 11.7 Å². The van der Waals surface area contributed by atoms with Crippen molar-refractivity contribution in [1.29, 1.82) is 0 Å². The van der Waals surface area contributed by atoms with Crippen molar-refractivity contribution in [1.82, 2.24) is 14.9 Å². The average Bonchev–Trinajstić information content (AvgIpc) is 3.13. The van der Waals surface area contributed by atoms with Crippen molar-refractivity contribution in [2.45, 2.75) is 90.8 Å². The van der Waals surface area contributed by atoms with E-state index in [2.05, 4.69) is 47.9 Å². The highest BCUT2D eigenvalue weighted by atomic mass is 16.1. The number of rotatable bonds is 7. The topological polar surface area (TPSA) is 49.3 Å². The van der Waals surface area contributed by atoms with E-state index in [1.165, 1.54) is 36.8 Å². The molecule has 0 spiro atoms. The highest BCUT2D eigenvalue weighted by Gasteiger charge is 2.41. The summed E-state index contributed by atoms with van der Waals surface area (Å²) >= 11 is 0. The molecule has 188 valence electrons. The third-order valence-electron chi connectivity index (χ3n) is 8.74. The van der Waals surface area contributed by atoms with Crippen LogP contribution in [0.5, 0.6) is 0 Å². The zero-order valence-corrected chi connectivity index (χ0v) is 22.0. The molecule has 1 aromatic carbocycles. The normalized spacial score (nSPS) is 27.1. The van der Waals surface area contributed by atoms with Crippen LogP contribution in [0.3, 0.4) is 0 Å². The van der Waals surface area contributed by atoms with Crippen molar-refractivity contribution < 1.29 is 4.79 Å². The molecular weight excluding hydrogens is 432 g/mol. The van der Waals surface area contributed by atoms with Gasteiger partial charge in [-0.25, -0.2) is 9.97 Å². The van der Waals surface area contributed by atoms with E-state index in [9.17, 15) is 4.79 Å². The van der Waals surface area contributed by atoms with Gasteiger partial charge in [0.1, 0.15) is 5.78 Å². The Morgan fingerprint density at radius 1 is 0.857 bits per heavy atom. The fraction of sp³-hybridized carbons (Fsp3) is 0.633. The Balaban J connectivity index is 1.17. The summed E-state index contributed by atoms with van der Waals surface area (Å²) in [5, 5.41) is 0. The quantitative estimate of drug-likeness (QED) is 0.509. The number of benzene rings is 1. The lowest BCUT2D eigenvalue weighted by molar-refractivity contribution is -0.127. The summed E-state index contributed by atoms with van der Waals surface area (Å²) in [6.07, 6.45) is 12.1. The molecule has 0 N–H and O–H groups in total. The smallest absolute Gasteiger partial charge is 0.225 e. The highest BCUT2D eigenvalue weighted by molar-refractivity contribution is 5.82. The van der Waals surface area contributed by atoms with Gasteiger partial charge in [-0.1, -0.05) is 38.1 Å². The summed E-state index contributed by atoms with van der Waals surface area (Å²) in [6.45, 7) is 10.9. The molecule has 5 heteroatoms. The number of aromatic nitrogens is 2. The van der Waals surface area contributed by atoms with E-state index in [4.69, 9.17) is 9.97 Å². The van der Waals surface area contributed by atoms with Gasteiger partial charge in [0.05, 0.1) is 0 Å². The molecule has 2 aliphatic heterocycles. The molecule has 1 aromatic heterocycles. The Bertz CT molecular complexity index is 978. The summed E-state index contributed by atoms with van der Waals surface area (Å²) in [5.41, 5.74) is 3.66. The monoisotopic (exact) mass is 474 g/mol. The highest BCUT2D eigenvalue weighted by Crippen LogP contribution is 2.35. The Hall–Kier alpha value is -2.27. The van der Waals surface area contributed by atoms with Crippen LogP contribution in [0, 0.1) is 17.8 Å². The molecule has 2 atom stereocenters. The third-order valence-corrected chi connectivity index (χ3v) is 8.74. The summed E-state index contributed by atoms with van der Waals surface area (Å²) in [7, 11) is 0. The second-order valence-electron chi connectivity index (χ2n) is 11.8. The van der Waals surface area contributed by atoms with Crippen LogP contribution in [-0.4, -0.2) is 51.9 Å². The van der Waals surface area contributed by atoms with Crippen LogP contribution in [-0.2, 0) is 11.2 Å². The lowest BCUT2D eigenvalue weighted by atomic mass is 9.76. The Morgan fingerprint density at radius 3 is 2.00 bits per heavy atom. The number of nitrogens with zero attached hydrogens (tertiary/aromatic N) is 4. The number of hydrogen-bond acceptors (Lipinski definition) is 5. The zero-order valence-electron chi connectivity index (χ0n) is 22.0. The van der Waals surface area contributed by atoms with Crippen LogP contribution in [0.4, 0.5) is 5.95 Å². The molecule has 0 amide bonds. The van der Waals surface area contributed by atoms with Crippen LogP contribution in [0.1, 0.15) is 71.8 Å². The molecule has 2 unspecified atom stereocenters. The van der Waals surface area contributed by atoms with Crippen LogP contribution >= 0.6 is 0 Å². The average molecular weight is 475 g/mol. The van der Waals surface area contributed by atoms with E-state index < -0.39 is 0 Å². The van der Waals surface area contributed by atoms with Crippen LogP contribution in [0.15, 0.2) is 36.7 Å². The molecule has 1 aliphatic carbocycles. The van der Waals surface area contributed by atoms with Crippen molar-refractivity contribution in [3.63, 3.8) is 0 Å². The maximum atomic E-state index is 12.3. The molecule has 2 bridgehead atoms. The zero-order chi connectivity index (χ0) is 24.5. The van der Waals surface area contributed by atoms with E-state index in [0.717, 1.165) is 43.9 Å². The predicted molar refractivity (Wildman–Crippen MR) is 142 cm³/mol. The number of likely N-dealkylation sites (tertiary alicyclic amines) is 1. The van der Waals surface area contributed by atoms with Gasteiger partial charge in [-0.3, -0.25) is 9.69 Å². The van der Waals surface area contributed by atoms with E-state index in [0.29, 0.717) is 35.7 Å². The molecular formula is C30H42N4O. The lowest BCUT2D eigenvalue weighted by Crippen LogP contribution is -2.56. The molecule has 5 nitrogen and oxygen atoms in total. The van der Waals surface area contributed by atoms with Crippen LogP contribution in [0.25, 0.3) is 11.1 Å². The van der Waals surface area contributed by atoms with Gasteiger partial charge in [0.25, 0.3) is 0 Å². The number of fused-ring (bicyclic) bond motifs is 2. The van der Waals surface area contributed by atoms with Crippen molar-refractivity contribution in [3.05, 3.63) is 42.2 Å². The third kappa shape index (κ3) is 5.30. The SMILES string of the molecule is CC(C)C(=O)[C@H]1CC[C@@H](Cc2ccc(-c3cnc(N4C5CCC4CN(C(C)C)C5)nc3)cc2)CC1. The fourth-order valence-electron chi connectivity index (χ4n) is 6.58. The van der Waals surface area contributed by atoms with Gasteiger partial charge in [-0.2, -0.15) is 0 Å². The second kappa shape index (κ2) is 10.4. The molecule has 2 aromatic rings. The van der Waals surface area contributed by atoms with Crippen LogP contribution in [0.2, 0.25) is 0 Å². The summed E-state index contributed by atoms with van der Waals surface area (Å²) in [6, 6.07) is 10.6. The number of hydrogen-bond donors (Lipinski definition) is 0. The first kappa shape index (κ1) is 24.4. The van der Waals surface area contributed by atoms with E-state index in [-0.39, 0.29) is 5.92 Å². The summed E-state index contributed by atoms with van der Waals surface area (Å²) < 4.78 is 0. The molecule has 2 saturated heterocycles. The largest absolute Gasteiger partial charge is 0.332 e. The molecule has 35 heavy (non-hydrogen) atoms. The minimum absolute atomic E-state index is 0.173. The van der Waals surface area contributed by atoms with Gasteiger partial charge in [-0.05, 0) is 75.8 Å². The van der Waals surface area contributed by atoms with Crippen molar-refractivity contribution in [2.24, 2.45) is 17.8 Å². The lowest BCUT2D eigenvalue weighted by Gasteiger charge is -2.42. The Labute approximate surface area is 211 Å². The molecule has 0 radical (unpaired) electrons. The number of Topliss-reactive ketones (excluding diaryl/α,β-unsaturated/α-hetero) is 1. The van der Waals surface area contributed by atoms with Gasteiger partial charge >= 0.3 is 0 Å². The number of anilines is 1. The Morgan fingerprint density at radius 2 is 1.46 bits per heavy atom. The van der Waals surface area contributed by atoms with E-state index in [1.54, 1.807) is 0 Å². The van der Waals surface area contributed by atoms with Gasteiger partial charge < -0.3 is 4.90 Å². The van der Waals surface area contributed by atoms with Gasteiger partial charge in [0, 0.05) is 61.0 Å². The van der Waals surface area contributed by atoms with E-state index in [1.807, 2.05) is 26.2 Å². The first-order valence-corrected chi connectivity index (χ1v) is 13.9. The molecule has 5 rings (SSSR count). The summed E-state index contributed by atoms with van der Waals surface area (Å²) in [4.78, 5) is 27.0. The number of carbonyl (C=O) groups is 1. The molecule has 3 fully saturated rings. The first-order valence-electron chi connectivity index (χ1n) is 13.9. The van der Waals surface area contributed by atoms with Gasteiger partial charge in [-0.15, -0.1) is 0 Å². The summed E-state index contributed by atoms with van der Waals surface area (Å²) in [5.74, 6) is 2.53. The minimum Gasteiger partial charge on any atom is -0.332 e. The molecule has 3 heterocycles. The maximum absolute atomic E-state index is 12.3. The molecule has 3 aliphatic rings. The number of ketones is 1. The standard InChI is InChI=1S/C30H42N4O/c1-20(2)29(35)25-11-7-23(8-12-25)15-22-5-9-24(10-6-22)26-16-31-30(32-17-26)34-27-13-14-28(34)19-33(18-27)21(3)4/h5-6,9-10,16-17,20-21,23,25,27-28H,7-8,11-15,18-19H2,1-4H3/t23-,25+,27?,28?. The number of carbonyl (C=O) groups excluding carboxylic acids is 1. The first-order chi connectivity index (χ1) is 16.9. The minimum atomic E-state index is 0.173. The fourth-order valence-corrected chi connectivity index (χ4v) is 6.58. The maximum Gasteiger partial charge on any atom is 0.225 e. The second-order valence-corrected chi connectivity index (χ2v) is 11.8. The predicted octanol–water partition coefficient (Wildman–Crippen LogP) is 5.78.